The highest BCUT2D eigenvalue weighted by Crippen LogP contribution is 2.27. The number of hydrogen-bond acceptors (Lipinski definition) is 3. The molecule has 0 aliphatic heterocycles. The summed E-state index contributed by atoms with van der Waals surface area (Å²) in [5, 5.41) is 9.87. The molecule has 0 spiro atoms. The molecule has 1 heterocycles. The van der Waals surface area contributed by atoms with Crippen LogP contribution in [-0.4, -0.2) is 27.9 Å². The fourth-order valence-corrected chi connectivity index (χ4v) is 2.24. The molecular formula is C17H20N2O2. The molecule has 1 N–H and O–H groups in total. The van der Waals surface area contributed by atoms with E-state index in [1.807, 2.05) is 31.2 Å². The monoisotopic (exact) mass is 284 g/mol. The van der Waals surface area contributed by atoms with Gasteiger partial charge in [-0.2, -0.15) is 0 Å². The SMILES string of the molecule is CC(c1ccccc1O)N(C)C(=O)CCc1ccncc1. The lowest BCUT2D eigenvalue weighted by atomic mass is 10.1. The van der Waals surface area contributed by atoms with Crippen LogP contribution in [0, 0.1) is 0 Å². The predicted octanol–water partition coefficient (Wildman–Crippen LogP) is 2.94. The number of para-hydroxylation sites is 1. The zero-order chi connectivity index (χ0) is 15.2. The summed E-state index contributed by atoms with van der Waals surface area (Å²) in [6.07, 6.45) is 4.60. The van der Waals surface area contributed by atoms with E-state index in [1.54, 1.807) is 36.5 Å². The highest BCUT2D eigenvalue weighted by molar-refractivity contribution is 5.76. The van der Waals surface area contributed by atoms with Crippen molar-refractivity contribution in [2.75, 3.05) is 7.05 Å². The first kappa shape index (κ1) is 15.0. The van der Waals surface area contributed by atoms with Crippen LogP contribution >= 0.6 is 0 Å². The normalized spacial score (nSPS) is 11.9. The van der Waals surface area contributed by atoms with Crippen molar-refractivity contribution in [2.45, 2.75) is 25.8 Å². The average Bonchev–Trinajstić information content (AvgIpc) is 2.52. The first-order valence-electron chi connectivity index (χ1n) is 7.02. The number of benzene rings is 1. The molecule has 110 valence electrons. The largest absolute Gasteiger partial charge is 0.508 e. The predicted molar refractivity (Wildman–Crippen MR) is 81.8 cm³/mol. The van der Waals surface area contributed by atoms with Crippen LogP contribution in [0.25, 0.3) is 0 Å². The van der Waals surface area contributed by atoms with Crippen LogP contribution in [0.2, 0.25) is 0 Å². The van der Waals surface area contributed by atoms with Crippen molar-refractivity contribution < 1.29 is 9.90 Å². The van der Waals surface area contributed by atoms with Crippen LogP contribution in [-0.2, 0) is 11.2 Å². The van der Waals surface area contributed by atoms with E-state index in [2.05, 4.69) is 4.98 Å². The topological polar surface area (TPSA) is 53.4 Å². The molecule has 1 aromatic carbocycles. The van der Waals surface area contributed by atoms with E-state index in [1.165, 1.54) is 0 Å². The number of hydrogen-bond donors (Lipinski definition) is 1. The van der Waals surface area contributed by atoms with Crippen molar-refractivity contribution in [3.05, 3.63) is 59.9 Å². The number of phenolic OH excluding ortho intramolecular Hbond substituents is 1. The third-order valence-electron chi connectivity index (χ3n) is 3.74. The van der Waals surface area contributed by atoms with Gasteiger partial charge in [-0.3, -0.25) is 9.78 Å². The summed E-state index contributed by atoms with van der Waals surface area (Å²) in [7, 11) is 1.77. The van der Waals surface area contributed by atoms with Crippen LogP contribution in [0.15, 0.2) is 48.8 Å². The third-order valence-corrected chi connectivity index (χ3v) is 3.74. The molecule has 0 saturated carbocycles. The molecule has 0 aliphatic carbocycles. The maximum atomic E-state index is 12.3. The summed E-state index contributed by atoms with van der Waals surface area (Å²) < 4.78 is 0. The lowest BCUT2D eigenvalue weighted by Crippen LogP contribution is -2.29. The minimum Gasteiger partial charge on any atom is -0.508 e. The van der Waals surface area contributed by atoms with Crippen LogP contribution in [0.5, 0.6) is 5.75 Å². The summed E-state index contributed by atoms with van der Waals surface area (Å²) in [4.78, 5) is 17.9. The van der Waals surface area contributed by atoms with Gasteiger partial charge < -0.3 is 10.0 Å². The maximum Gasteiger partial charge on any atom is 0.223 e. The van der Waals surface area contributed by atoms with Crippen LogP contribution in [0.3, 0.4) is 0 Å². The average molecular weight is 284 g/mol. The Bertz CT molecular complexity index is 599. The van der Waals surface area contributed by atoms with Gasteiger partial charge in [-0.15, -0.1) is 0 Å². The molecule has 0 fully saturated rings. The van der Waals surface area contributed by atoms with Crippen LogP contribution in [0.4, 0.5) is 0 Å². The van der Waals surface area contributed by atoms with E-state index in [9.17, 15) is 9.90 Å². The number of aromatic hydroxyl groups is 1. The van der Waals surface area contributed by atoms with Crippen molar-refractivity contribution >= 4 is 5.91 Å². The molecule has 2 rings (SSSR count). The molecule has 1 atom stereocenters. The standard InChI is InChI=1S/C17H20N2O2/c1-13(15-5-3-4-6-16(15)20)19(2)17(21)8-7-14-9-11-18-12-10-14/h3-6,9-13,20H,7-8H2,1-2H3. The first-order valence-corrected chi connectivity index (χ1v) is 7.02. The van der Waals surface area contributed by atoms with Crippen molar-refractivity contribution in [1.29, 1.82) is 0 Å². The molecular weight excluding hydrogens is 264 g/mol. The molecule has 0 aliphatic rings. The van der Waals surface area contributed by atoms with Crippen molar-refractivity contribution in [3.63, 3.8) is 0 Å². The molecule has 1 amide bonds. The van der Waals surface area contributed by atoms with Gasteiger partial charge in [-0.25, -0.2) is 0 Å². The Hall–Kier alpha value is -2.36. The van der Waals surface area contributed by atoms with Crippen molar-refractivity contribution in [1.82, 2.24) is 9.88 Å². The number of phenols is 1. The summed E-state index contributed by atoms with van der Waals surface area (Å²) in [5.74, 6) is 0.279. The van der Waals surface area contributed by atoms with Crippen molar-refractivity contribution in [3.8, 4) is 5.75 Å². The molecule has 0 radical (unpaired) electrons. The number of aromatic nitrogens is 1. The molecule has 0 saturated heterocycles. The van der Waals surface area contributed by atoms with Gasteiger partial charge in [-0.1, -0.05) is 18.2 Å². The quantitative estimate of drug-likeness (QED) is 0.918. The maximum absolute atomic E-state index is 12.3. The minimum atomic E-state index is -0.156. The highest BCUT2D eigenvalue weighted by atomic mass is 16.3. The number of amides is 1. The summed E-state index contributed by atoms with van der Waals surface area (Å²) in [6.45, 7) is 1.92. The molecule has 1 unspecified atom stereocenters. The zero-order valence-corrected chi connectivity index (χ0v) is 12.4. The molecule has 0 bridgehead atoms. The van der Waals surface area contributed by atoms with Gasteiger partial charge >= 0.3 is 0 Å². The van der Waals surface area contributed by atoms with Gasteiger partial charge in [0.15, 0.2) is 0 Å². The van der Waals surface area contributed by atoms with E-state index < -0.39 is 0 Å². The van der Waals surface area contributed by atoms with E-state index in [0.29, 0.717) is 12.8 Å². The Morgan fingerprint density at radius 1 is 1.24 bits per heavy atom. The van der Waals surface area contributed by atoms with Crippen molar-refractivity contribution in [2.24, 2.45) is 0 Å². The van der Waals surface area contributed by atoms with Crippen LogP contribution < -0.4 is 0 Å². The van der Waals surface area contributed by atoms with Gasteiger partial charge in [-0.05, 0) is 37.1 Å². The number of rotatable bonds is 5. The highest BCUT2D eigenvalue weighted by Gasteiger charge is 2.19. The number of pyridine rings is 1. The fourth-order valence-electron chi connectivity index (χ4n) is 2.24. The second-order valence-electron chi connectivity index (χ2n) is 5.09. The number of nitrogens with zero attached hydrogens (tertiary/aromatic N) is 2. The summed E-state index contributed by atoms with van der Waals surface area (Å²) >= 11 is 0. The Morgan fingerprint density at radius 2 is 1.90 bits per heavy atom. The van der Waals surface area contributed by atoms with E-state index >= 15 is 0 Å². The lowest BCUT2D eigenvalue weighted by molar-refractivity contribution is -0.131. The summed E-state index contributed by atoms with van der Waals surface area (Å²) in [5.41, 5.74) is 1.86. The smallest absolute Gasteiger partial charge is 0.223 e. The third kappa shape index (κ3) is 3.81. The molecule has 1 aromatic heterocycles. The number of carbonyl (C=O) groups excluding carboxylic acids is 1. The van der Waals surface area contributed by atoms with E-state index in [-0.39, 0.29) is 17.7 Å². The van der Waals surface area contributed by atoms with E-state index in [4.69, 9.17) is 0 Å². The van der Waals surface area contributed by atoms with Gasteiger partial charge in [0.2, 0.25) is 5.91 Å². The number of aryl methyl sites for hydroxylation is 1. The lowest BCUT2D eigenvalue weighted by Gasteiger charge is -2.26. The van der Waals surface area contributed by atoms with Crippen LogP contribution in [0.1, 0.15) is 30.5 Å². The van der Waals surface area contributed by atoms with Gasteiger partial charge in [0.1, 0.15) is 5.75 Å². The Balaban J connectivity index is 1.97. The Labute approximate surface area is 125 Å². The second kappa shape index (κ2) is 6.88. The van der Waals surface area contributed by atoms with Gasteiger partial charge in [0, 0.05) is 31.4 Å². The fraction of sp³-hybridized carbons (Fsp3) is 0.294. The Morgan fingerprint density at radius 3 is 2.57 bits per heavy atom. The van der Waals surface area contributed by atoms with E-state index in [0.717, 1.165) is 11.1 Å². The van der Waals surface area contributed by atoms with Gasteiger partial charge in [0.05, 0.1) is 6.04 Å². The molecule has 2 aromatic rings. The molecule has 21 heavy (non-hydrogen) atoms. The first-order chi connectivity index (χ1) is 10.1. The van der Waals surface area contributed by atoms with Gasteiger partial charge in [0.25, 0.3) is 0 Å². The molecule has 4 nitrogen and oxygen atoms in total. The second-order valence-corrected chi connectivity index (χ2v) is 5.09. The zero-order valence-electron chi connectivity index (χ0n) is 12.4. The summed E-state index contributed by atoms with van der Waals surface area (Å²) in [6, 6.07) is 10.8. The Kier molecular flexibility index (Phi) is 4.93. The number of carbonyl (C=O) groups is 1. The molecule has 4 heteroatoms. The minimum absolute atomic E-state index is 0.0579.